The van der Waals surface area contributed by atoms with Crippen LogP contribution < -0.4 is 0 Å². The molecule has 5 heteroatoms. The summed E-state index contributed by atoms with van der Waals surface area (Å²) in [7, 11) is 0. The molecule has 0 unspecified atom stereocenters. The van der Waals surface area contributed by atoms with E-state index < -0.39 is 6.29 Å². The van der Waals surface area contributed by atoms with Gasteiger partial charge in [0.25, 0.3) is 0 Å². The van der Waals surface area contributed by atoms with Gasteiger partial charge in [-0.2, -0.15) is 0 Å². The van der Waals surface area contributed by atoms with Crippen molar-refractivity contribution < 1.29 is 19.0 Å². The fraction of sp³-hybridized carbons (Fsp3) is 0.900. The number of carbonyl (C=O) groups is 1. The van der Waals surface area contributed by atoms with Crippen LogP contribution in [0.15, 0.2) is 0 Å². The molecule has 0 saturated heterocycles. The Morgan fingerprint density at radius 2 is 1.47 bits per heavy atom. The van der Waals surface area contributed by atoms with E-state index in [-0.39, 0.29) is 42.1 Å². The maximum absolute atomic E-state index is 10.6. The summed E-state index contributed by atoms with van der Waals surface area (Å²) >= 11 is 0. The van der Waals surface area contributed by atoms with Gasteiger partial charge in [0.15, 0.2) is 23.7 Å². The molecule has 0 N–H and O–H groups in total. The lowest BCUT2D eigenvalue weighted by molar-refractivity contribution is -0.206. The normalized spacial score (nSPS) is 10.7. The zero-order chi connectivity index (χ0) is 11.1. The van der Waals surface area contributed by atoms with E-state index in [0.717, 1.165) is 0 Å². The van der Waals surface area contributed by atoms with Gasteiger partial charge in [-0.1, -0.05) is 0 Å². The Balaban J connectivity index is 0. The molecule has 0 aliphatic heterocycles. The summed E-state index contributed by atoms with van der Waals surface area (Å²) in [5, 5.41) is 0. The highest BCUT2D eigenvalue weighted by Gasteiger charge is 2.14. The summed E-state index contributed by atoms with van der Waals surface area (Å²) < 4.78 is 15.6. The van der Waals surface area contributed by atoms with Crippen molar-refractivity contribution >= 4 is 23.3 Å². The molecule has 90 valence electrons. The Bertz CT molecular complexity index is 161. The van der Waals surface area contributed by atoms with Gasteiger partial charge in [0.1, 0.15) is 6.61 Å². The second-order valence-electron chi connectivity index (χ2n) is 3.60. The topological polar surface area (TPSA) is 44.8 Å². The number of hydrogen-bond donors (Lipinski definition) is 0. The summed E-state index contributed by atoms with van der Waals surface area (Å²) in [5.41, 5.74) is 0. The van der Waals surface area contributed by atoms with E-state index in [1.807, 2.05) is 27.7 Å². The number of hydrogen-bond acceptors (Lipinski definition) is 4. The lowest BCUT2D eigenvalue weighted by Gasteiger charge is -2.22. The van der Waals surface area contributed by atoms with Crippen molar-refractivity contribution in [1.82, 2.24) is 0 Å². The van der Waals surface area contributed by atoms with Gasteiger partial charge >= 0.3 is 5.97 Å². The molecule has 0 aromatic carbocycles. The number of ether oxygens (including phenoxy) is 3. The molecule has 0 aliphatic carbocycles. The van der Waals surface area contributed by atoms with E-state index >= 15 is 0 Å². The molecule has 0 atom stereocenters. The van der Waals surface area contributed by atoms with Gasteiger partial charge in [0.2, 0.25) is 0 Å². The number of rotatable bonds is 6. The minimum absolute atomic E-state index is 0. The quantitative estimate of drug-likeness (QED) is 0.382. The molecule has 0 heterocycles. The van der Waals surface area contributed by atoms with E-state index in [9.17, 15) is 4.79 Å². The van der Waals surface area contributed by atoms with Crippen LogP contribution in [0.5, 0.6) is 0 Å². The molecule has 0 fully saturated rings. The maximum atomic E-state index is 10.6. The molecule has 0 aliphatic rings. The Morgan fingerprint density at radius 3 is 1.73 bits per heavy atom. The monoisotopic (exact) mass is 234 g/mol. The third-order valence-electron chi connectivity index (χ3n) is 1.27. The molecule has 15 heavy (non-hydrogen) atoms. The van der Waals surface area contributed by atoms with Gasteiger partial charge in [-0.25, -0.2) is 0 Å². The highest BCUT2D eigenvalue weighted by Crippen LogP contribution is 2.04. The van der Waals surface area contributed by atoms with Gasteiger partial charge in [0.05, 0.1) is 12.2 Å². The van der Waals surface area contributed by atoms with Crippen molar-refractivity contribution in [3.05, 3.63) is 0 Å². The maximum Gasteiger partial charge on any atom is 0.302 e. The Morgan fingerprint density at radius 1 is 1.07 bits per heavy atom. The van der Waals surface area contributed by atoms with Crippen molar-refractivity contribution in [3.63, 3.8) is 0 Å². The molecule has 0 saturated carbocycles. The van der Waals surface area contributed by atoms with Crippen LogP contribution in [0.3, 0.4) is 0 Å². The predicted octanol–water partition coefficient (Wildman–Crippen LogP) is 0.542. The van der Waals surface area contributed by atoms with Crippen LogP contribution in [0.1, 0.15) is 34.6 Å². The Labute approximate surface area is 102 Å². The number of esters is 1. The first-order valence-electron chi connectivity index (χ1n) is 4.86. The van der Waals surface area contributed by atoms with Crippen LogP contribution in [0, 0.1) is 0 Å². The molecule has 0 bridgehead atoms. The second-order valence-corrected chi connectivity index (χ2v) is 3.60. The highest BCUT2D eigenvalue weighted by molar-refractivity contribution is 5.75. The summed E-state index contributed by atoms with van der Waals surface area (Å²) in [5.74, 6) is -0.324. The predicted molar refractivity (Wildman–Crippen MR) is 62.8 cm³/mol. The minimum atomic E-state index is -0.473. The van der Waals surface area contributed by atoms with E-state index in [1.165, 1.54) is 6.92 Å². The third-order valence-corrected chi connectivity index (χ3v) is 1.27. The van der Waals surface area contributed by atoms with Gasteiger partial charge < -0.3 is 14.2 Å². The molecular formula is C10H23AlO4. The van der Waals surface area contributed by atoms with Crippen molar-refractivity contribution in [1.29, 1.82) is 0 Å². The molecule has 0 spiro atoms. The average Bonchev–Trinajstić information content (AvgIpc) is 1.97. The van der Waals surface area contributed by atoms with Crippen molar-refractivity contribution in [3.8, 4) is 0 Å². The lowest BCUT2D eigenvalue weighted by Crippen LogP contribution is -2.29. The van der Waals surface area contributed by atoms with Crippen LogP contribution >= 0.6 is 0 Å². The van der Waals surface area contributed by atoms with E-state index in [1.54, 1.807) is 0 Å². The Hall–Kier alpha value is -0.0775. The fourth-order valence-electron chi connectivity index (χ4n) is 0.903. The van der Waals surface area contributed by atoms with Crippen molar-refractivity contribution in [2.24, 2.45) is 0 Å². The SMILES string of the molecule is CC(=O)OCC(OC(C)C)OC(C)C.[AlH3]. The van der Waals surface area contributed by atoms with Crippen LogP contribution in [-0.4, -0.2) is 48.4 Å². The largest absolute Gasteiger partial charge is 0.460 e. The van der Waals surface area contributed by atoms with Crippen molar-refractivity contribution in [2.75, 3.05) is 6.61 Å². The molecule has 0 aromatic rings. The van der Waals surface area contributed by atoms with Crippen LogP contribution in [0.2, 0.25) is 0 Å². The molecule has 0 radical (unpaired) electrons. The van der Waals surface area contributed by atoms with Gasteiger partial charge in [-0.15, -0.1) is 0 Å². The average molecular weight is 234 g/mol. The highest BCUT2D eigenvalue weighted by atomic mass is 27.0. The lowest BCUT2D eigenvalue weighted by atomic mass is 10.4. The van der Waals surface area contributed by atoms with E-state index in [4.69, 9.17) is 14.2 Å². The fourth-order valence-corrected chi connectivity index (χ4v) is 0.903. The van der Waals surface area contributed by atoms with Gasteiger partial charge in [-0.05, 0) is 27.7 Å². The zero-order valence-electron chi connectivity index (χ0n) is 9.57. The number of carbonyl (C=O) groups excluding carboxylic acids is 1. The first-order valence-corrected chi connectivity index (χ1v) is 4.86. The van der Waals surface area contributed by atoms with Gasteiger partial charge in [0, 0.05) is 6.92 Å². The molecule has 0 aromatic heterocycles. The zero-order valence-corrected chi connectivity index (χ0v) is 9.57. The molecule has 0 amide bonds. The summed E-state index contributed by atoms with van der Waals surface area (Å²) in [4.78, 5) is 10.6. The van der Waals surface area contributed by atoms with E-state index in [2.05, 4.69) is 0 Å². The van der Waals surface area contributed by atoms with Crippen LogP contribution in [0.25, 0.3) is 0 Å². The smallest absolute Gasteiger partial charge is 0.302 e. The summed E-state index contributed by atoms with van der Waals surface area (Å²) in [6, 6.07) is 0. The van der Waals surface area contributed by atoms with Crippen LogP contribution in [-0.2, 0) is 19.0 Å². The second kappa shape index (κ2) is 9.17. The first-order chi connectivity index (χ1) is 6.41. The Kier molecular flexibility index (Phi) is 10.6. The first kappa shape index (κ1) is 17.3. The van der Waals surface area contributed by atoms with Crippen molar-refractivity contribution in [2.45, 2.75) is 53.1 Å². The standard InChI is InChI=1S/C10H20O4.Al.3H/c1-7(2)13-10(14-8(3)4)6-12-9(5)11;;;;/h7-8,10H,6H2,1-5H3;;;;. The molecule has 4 nitrogen and oxygen atoms in total. The van der Waals surface area contributed by atoms with Gasteiger partial charge in [-0.3, -0.25) is 4.79 Å². The van der Waals surface area contributed by atoms with Crippen LogP contribution in [0.4, 0.5) is 0 Å². The minimum Gasteiger partial charge on any atom is -0.460 e. The third kappa shape index (κ3) is 11.9. The molecular weight excluding hydrogens is 211 g/mol. The van der Waals surface area contributed by atoms with E-state index in [0.29, 0.717) is 0 Å². The summed E-state index contributed by atoms with van der Waals surface area (Å²) in [6.07, 6.45) is -0.373. The summed E-state index contributed by atoms with van der Waals surface area (Å²) in [6.45, 7) is 9.14. The molecule has 0 rings (SSSR count).